The zero-order valence-corrected chi connectivity index (χ0v) is 16.5. The summed E-state index contributed by atoms with van der Waals surface area (Å²) >= 11 is 0. The molecule has 1 aliphatic rings. The van der Waals surface area contributed by atoms with Gasteiger partial charge in [0.2, 0.25) is 0 Å². The van der Waals surface area contributed by atoms with Crippen molar-refractivity contribution in [2.75, 3.05) is 7.11 Å². The fourth-order valence-electron chi connectivity index (χ4n) is 3.72. The molecule has 29 heavy (non-hydrogen) atoms. The third-order valence-electron chi connectivity index (χ3n) is 5.58. The van der Waals surface area contributed by atoms with Crippen LogP contribution in [0.1, 0.15) is 24.0 Å². The molecule has 4 aromatic rings. The molecule has 0 aliphatic heterocycles. The number of rotatable bonds is 5. The van der Waals surface area contributed by atoms with E-state index in [1.54, 1.807) is 34.4 Å². The number of aromatic nitrogens is 4. The van der Waals surface area contributed by atoms with E-state index < -0.39 is 0 Å². The minimum Gasteiger partial charge on any atom is -0.497 e. The van der Waals surface area contributed by atoms with Crippen LogP contribution in [0.15, 0.2) is 52.2 Å². The molecule has 0 spiro atoms. The van der Waals surface area contributed by atoms with Gasteiger partial charge < -0.3 is 4.74 Å². The van der Waals surface area contributed by atoms with E-state index in [9.17, 15) is 9.59 Å². The van der Waals surface area contributed by atoms with Gasteiger partial charge in [-0.15, -0.1) is 0 Å². The molecule has 7 heteroatoms. The molecule has 5 rings (SSSR count). The Balaban J connectivity index is 1.79. The topological polar surface area (TPSA) is 70.5 Å². The Morgan fingerprint density at radius 1 is 1.10 bits per heavy atom. The lowest BCUT2D eigenvalue weighted by Crippen LogP contribution is -2.41. The predicted octanol–water partition coefficient (Wildman–Crippen LogP) is 2.59. The molecule has 148 valence electrons. The predicted molar refractivity (Wildman–Crippen MR) is 111 cm³/mol. The molecule has 7 nitrogen and oxygen atoms in total. The normalized spacial score (nSPS) is 14.0. The summed E-state index contributed by atoms with van der Waals surface area (Å²) in [5.74, 6) is 1.06. The Kier molecular flexibility index (Phi) is 4.04. The Morgan fingerprint density at radius 2 is 1.86 bits per heavy atom. The van der Waals surface area contributed by atoms with Gasteiger partial charge in [0.05, 0.1) is 13.7 Å². The Morgan fingerprint density at radius 3 is 2.55 bits per heavy atom. The maximum absolute atomic E-state index is 13.3. The number of pyridine rings is 1. The lowest BCUT2D eigenvalue weighted by Gasteiger charge is -2.11. The van der Waals surface area contributed by atoms with Gasteiger partial charge in [-0.1, -0.05) is 29.8 Å². The first-order valence-electron chi connectivity index (χ1n) is 9.80. The zero-order chi connectivity index (χ0) is 20.1. The summed E-state index contributed by atoms with van der Waals surface area (Å²) in [6.45, 7) is 2.85. The Hall–Kier alpha value is -3.35. The average molecular weight is 390 g/mol. The highest BCUT2D eigenvalue weighted by Crippen LogP contribution is 2.30. The molecular weight excluding hydrogens is 368 g/mol. The first-order chi connectivity index (χ1) is 14.0. The van der Waals surface area contributed by atoms with Crippen LogP contribution < -0.4 is 16.0 Å². The lowest BCUT2D eigenvalue weighted by molar-refractivity contribution is 0.414. The van der Waals surface area contributed by atoms with Gasteiger partial charge in [0.25, 0.3) is 5.56 Å². The van der Waals surface area contributed by atoms with Crippen LogP contribution in [0.4, 0.5) is 0 Å². The number of benzene rings is 1. The molecule has 0 bridgehead atoms. The van der Waals surface area contributed by atoms with E-state index in [-0.39, 0.29) is 11.2 Å². The minimum atomic E-state index is -0.301. The molecule has 1 saturated carbocycles. The van der Waals surface area contributed by atoms with Gasteiger partial charge >= 0.3 is 5.69 Å². The SMILES string of the molecule is COc1ccn2c(c1)nc1c2c(=O)n(CC2CC2)c(=O)n1Cc1ccc(C)cc1. The summed E-state index contributed by atoms with van der Waals surface area (Å²) in [6, 6.07) is 11.6. The van der Waals surface area contributed by atoms with Crippen molar-refractivity contribution >= 4 is 16.8 Å². The lowest BCUT2D eigenvalue weighted by atomic mass is 10.1. The van der Waals surface area contributed by atoms with Gasteiger partial charge in [0.15, 0.2) is 11.2 Å². The molecule has 1 fully saturated rings. The van der Waals surface area contributed by atoms with E-state index in [1.165, 1.54) is 4.57 Å². The monoisotopic (exact) mass is 390 g/mol. The highest BCUT2D eigenvalue weighted by Gasteiger charge is 2.26. The summed E-state index contributed by atoms with van der Waals surface area (Å²) < 4.78 is 10.0. The maximum atomic E-state index is 13.3. The van der Waals surface area contributed by atoms with Crippen molar-refractivity contribution in [2.45, 2.75) is 32.9 Å². The molecule has 0 unspecified atom stereocenters. The van der Waals surface area contributed by atoms with Crippen LogP contribution >= 0.6 is 0 Å². The van der Waals surface area contributed by atoms with E-state index in [0.29, 0.717) is 41.6 Å². The van der Waals surface area contributed by atoms with Crippen LogP contribution in [0, 0.1) is 12.8 Å². The van der Waals surface area contributed by atoms with Crippen LogP contribution in [-0.2, 0) is 13.1 Å². The highest BCUT2D eigenvalue weighted by atomic mass is 16.5. The van der Waals surface area contributed by atoms with Crippen LogP contribution in [-0.4, -0.2) is 25.6 Å². The molecule has 3 heterocycles. The molecule has 0 atom stereocenters. The maximum Gasteiger partial charge on any atom is 0.333 e. The number of hydrogen-bond acceptors (Lipinski definition) is 4. The first-order valence-corrected chi connectivity index (χ1v) is 9.80. The highest BCUT2D eigenvalue weighted by molar-refractivity contribution is 5.77. The van der Waals surface area contributed by atoms with E-state index in [1.807, 2.05) is 31.2 Å². The standard InChI is InChI=1S/C22H22N4O3/c1-14-3-5-15(6-4-14)12-25-20-19(21(27)26(22(25)28)13-16-7-8-16)24-10-9-17(29-2)11-18(24)23-20/h3-6,9-11,16H,7-8,12-13H2,1-2H3. The van der Waals surface area contributed by atoms with Crippen molar-refractivity contribution in [1.29, 1.82) is 0 Å². The third kappa shape index (κ3) is 3.03. The van der Waals surface area contributed by atoms with E-state index in [4.69, 9.17) is 4.74 Å². The third-order valence-corrected chi connectivity index (χ3v) is 5.58. The second kappa shape index (κ2) is 6.62. The van der Waals surface area contributed by atoms with E-state index in [2.05, 4.69) is 4.98 Å². The van der Waals surface area contributed by atoms with Crippen LogP contribution in [0.25, 0.3) is 16.8 Å². The quantitative estimate of drug-likeness (QED) is 0.525. The number of imidazole rings is 1. The summed E-state index contributed by atoms with van der Waals surface area (Å²) in [4.78, 5) is 31.2. The molecule has 1 aromatic carbocycles. The van der Waals surface area contributed by atoms with Crippen LogP contribution in [0.3, 0.4) is 0 Å². The number of nitrogens with zero attached hydrogens (tertiary/aromatic N) is 4. The second-order valence-corrected chi connectivity index (χ2v) is 7.79. The van der Waals surface area contributed by atoms with Crippen molar-refractivity contribution < 1.29 is 4.74 Å². The summed E-state index contributed by atoms with van der Waals surface area (Å²) in [7, 11) is 1.59. The van der Waals surface area contributed by atoms with Crippen molar-refractivity contribution in [3.63, 3.8) is 0 Å². The number of aryl methyl sites for hydroxylation is 1. The van der Waals surface area contributed by atoms with Gasteiger partial charge in [-0.05, 0) is 37.3 Å². The van der Waals surface area contributed by atoms with Crippen molar-refractivity contribution in [3.05, 3.63) is 74.6 Å². The molecular formula is C22H22N4O3. The number of hydrogen-bond donors (Lipinski definition) is 0. The minimum absolute atomic E-state index is 0.283. The van der Waals surface area contributed by atoms with Crippen molar-refractivity contribution in [3.8, 4) is 5.75 Å². The van der Waals surface area contributed by atoms with Crippen LogP contribution in [0.2, 0.25) is 0 Å². The number of ether oxygens (including phenoxy) is 1. The van der Waals surface area contributed by atoms with Crippen molar-refractivity contribution in [2.24, 2.45) is 5.92 Å². The largest absolute Gasteiger partial charge is 0.497 e. The van der Waals surface area contributed by atoms with Gasteiger partial charge in [-0.25, -0.2) is 9.78 Å². The van der Waals surface area contributed by atoms with Crippen LogP contribution in [0.5, 0.6) is 5.75 Å². The first kappa shape index (κ1) is 17.7. The van der Waals surface area contributed by atoms with Gasteiger partial charge in [-0.3, -0.25) is 18.3 Å². The van der Waals surface area contributed by atoms with Crippen molar-refractivity contribution in [1.82, 2.24) is 18.5 Å². The second-order valence-electron chi connectivity index (χ2n) is 7.79. The zero-order valence-electron chi connectivity index (χ0n) is 16.5. The van der Waals surface area contributed by atoms with Gasteiger partial charge in [0.1, 0.15) is 11.4 Å². The van der Waals surface area contributed by atoms with Gasteiger partial charge in [-0.2, -0.15) is 0 Å². The Bertz CT molecular complexity index is 1340. The molecule has 1 aliphatic carbocycles. The van der Waals surface area contributed by atoms with E-state index >= 15 is 0 Å². The molecule has 0 N–H and O–H groups in total. The Labute approximate surface area is 166 Å². The summed E-state index contributed by atoms with van der Waals surface area (Å²) in [6.07, 6.45) is 3.89. The smallest absolute Gasteiger partial charge is 0.333 e. The molecule has 0 saturated heterocycles. The molecule has 0 radical (unpaired) electrons. The summed E-state index contributed by atoms with van der Waals surface area (Å²) in [5.41, 5.74) is 2.98. The van der Waals surface area contributed by atoms with E-state index in [0.717, 1.165) is 24.0 Å². The number of methoxy groups -OCH3 is 1. The fourth-order valence-corrected chi connectivity index (χ4v) is 3.72. The fraction of sp³-hybridized carbons (Fsp3) is 0.318. The average Bonchev–Trinajstić information content (AvgIpc) is 3.47. The molecule has 0 amide bonds. The summed E-state index contributed by atoms with van der Waals surface area (Å²) in [5, 5.41) is 0. The number of fused-ring (bicyclic) bond motifs is 3. The van der Waals surface area contributed by atoms with Gasteiger partial charge in [0, 0.05) is 18.8 Å². The molecule has 3 aromatic heterocycles.